The summed E-state index contributed by atoms with van der Waals surface area (Å²) in [5, 5.41) is 0. The molecular weight excluding hydrogens is 358 g/mol. The SMILES string of the molecule is CN1CCC(N2CCC(CN(Cc3ccncc3)Cc3ccccn3)CC2)CC1. The molecule has 0 atom stereocenters. The number of hydrogen-bond acceptors (Lipinski definition) is 5. The van der Waals surface area contributed by atoms with Crippen LogP contribution in [0.15, 0.2) is 48.9 Å². The van der Waals surface area contributed by atoms with Crippen LogP contribution in [0.2, 0.25) is 0 Å². The van der Waals surface area contributed by atoms with Crippen LogP contribution in [-0.2, 0) is 13.1 Å². The highest BCUT2D eigenvalue weighted by molar-refractivity contribution is 5.10. The molecule has 29 heavy (non-hydrogen) atoms. The van der Waals surface area contributed by atoms with Gasteiger partial charge in [-0.3, -0.25) is 14.9 Å². The minimum atomic E-state index is 0.781. The monoisotopic (exact) mass is 393 g/mol. The van der Waals surface area contributed by atoms with Crippen molar-refractivity contribution in [2.24, 2.45) is 5.92 Å². The predicted molar refractivity (Wildman–Crippen MR) is 117 cm³/mol. The number of pyridine rings is 2. The first-order valence-corrected chi connectivity index (χ1v) is 11.2. The molecule has 0 amide bonds. The number of rotatable bonds is 7. The topological polar surface area (TPSA) is 35.5 Å². The summed E-state index contributed by atoms with van der Waals surface area (Å²) in [5.74, 6) is 0.781. The zero-order valence-corrected chi connectivity index (χ0v) is 17.8. The van der Waals surface area contributed by atoms with Crippen LogP contribution in [0.1, 0.15) is 36.9 Å². The van der Waals surface area contributed by atoms with Gasteiger partial charge >= 0.3 is 0 Å². The van der Waals surface area contributed by atoms with Gasteiger partial charge in [0.1, 0.15) is 0 Å². The summed E-state index contributed by atoms with van der Waals surface area (Å²) < 4.78 is 0. The lowest BCUT2D eigenvalue weighted by Crippen LogP contribution is -2.47. The summed E-state index contributed by atoms with van der Waals surface area (Å²) in [4.78, 5) is 16.6. The molecule has 4 rings (SSSR count). The predicted octanol–water partition coefficient (Wildman–Crippen LogP) is 3.29. The van der Waals surface area contributed by atoms with Crippen molar-refractivity contribution in [1.29, 1.82) is 0 Å². The fourth-order valence-corrected chi connectivity index (χ4v) is 4.88. The lowest BCUT2D eigenvalue weighted by Gasteiger charge is -2.42. The number of aromatic nitrogens is 2. The van der Waals surface area contributed by atoms with Crippen molar-refractivity contribution in [3.8, 4) is 0 Å². The smallest absolute Gasteiger partial charge is 0.0544 e. The fourth-order valence-electron chi connectivity index (χ4n) is 4.88. The molecule has 2 saturated heterocycles. The Kier molecular flexibility index (Phi) is 7.25. The summed E-state index contributed by atoms with van der Waals surface area (Å²) >= 11 is 0. The average molecular weight is 394 g/mol. The summed E-state index contributed by atoms with van der Waals surface area (Å²) in [6.45, 7) is 8.09. The largest absolute Gasteiger partial charge is 0.306 e. The molecule has 4 heterocycles. The Bertz CT molecular complexity index is 665. The minimum absolute atomic E-state index is 0.781. The van der Waals surface area contributed by atoms with Gasteiger partial charge in [-0.05, 0) is 94.7 Å². The van der Waals surface area contributed by atoms with Crippen LogP contribution in [0.3, 0.4) is 0 Å². The van der Waals surface area contributed by atoms with E-state index in [1.54, 1.807) is 0 Å². The van der Waals surface area contributed by atoms with Gasteiger partial charge in [0.05, 0.1) is 5.69 Å². The fraction of sp³-hybridized carbons (Fsp3) is 0.583. The van der Waals surface area contributed by atoms with E-state index >= 15 is 0 Å². The Morgan fingerprint density at radius 2 is 1.66 bits per heavy atom. The summed E-state index contributed by atoms with van der Waals surface area (Å²) in [6.07, 6.45) is 11.0. The first kappa shape index (κ1) is 20.5. The summed E-state index contributed by atoms with van der Waals surface area (Å²) in [7, 11) is 2.25. The van der Waals surface area contributed by atoms with Gasteiger partial charge in [-0.1, -0.05) is 6.07 Å². The molecule has 0 aliphatic carbocycles. The van der Waals surface area contributed by atoms with Crippen LogP contribution in [0.5, 0.6) is 0 Å². The second-order valence-corrected chi connectivity index (χ2v) is 8.86. The molecule has 5 heteroatoms. The molecule has 0 N–H and O–H groups in total. The lowest BCUT2D eigenvalue weighted by molar-refractivity contribution is 0.0726. The molecule has 156 valence electrons. The maximum Gasteiger partial charge on any atom is 0.0544 e. The molecule has 2 fully saturated rings. The van der Waals surface area contributed by atoms with Gasteiger partial charge in [0.25, 0.3) is 0 Å². The van der Waals surface area contributed by atoms with E-state index in [-0.39, 0.29) is 0 Å². The molecule has 2 aromatic heterocycles. The third-order valence-electron chi connectivity index (χ3n) is 6.64. The van der Waals surface area contributed by atoms with Gasteiger partial charge in [-0.15, -0.1) is 0 Å². The molecule has 0 radical (unpaired) electrons. The van der Waals surface area contributed by atoms with Crippen LogP contribution >= 0.6 is 0 Å². The van der Waals surface area contributed by atoms with Crippen molar-refractivity contribution in [1.82, 2.24) is 24.7 Å². The van der Waals surface area contributed by atoms with Gasteiger partial charge in [0.2, 0.25) is 0 Å². The Balaban J connectivity index is 1.32. The van der Waals surface area contributed by atoms with Crippen LogP contribution < -0.4 is 0 Å². The Morgan fingerprint density at radius 3 is 2.34 bits per heavy atom. The number of likely N-dealkylation sites (tertiary alicyclic amines) is 2. The van der Waals surface area contributed by atoms with E-state index in [0.717, 1.165) is 37.3 Å². The molecule has 2 aliphatic heterocycles. The summed E-state index contributed by atoms with van der Waals surface area (Å²) in [5.41, 5.74) is 2.49. The normalized spacial score (nSPS) is 20.3. The molecule has 2 aliphatic rings. The van der Waals surface area contributed by atoms with Gasteiger partial charge in [-0.2, -0.15) is 0 Å². The molecular formula is C24H35N5. The Labute approximate surface area is 175 Å². The van der Waals surface area contributed by atoms with Crippen LogP contribution in [0, 0.1) is 5.92 Å². The first-order valence-electron chi connectivity index (χ1n) is 11.2. The van der Waals surface area contributed by atoms with E-state index in [9.17, 15) is 0 Å². The van der Waals surface area contributed by atoms with E-state index in [4.69, 9.17) is 0 Å². The molecule has 0 aromatic carbocycles. The highest BCUT2D eigenvalue weighted by atomic mass is 15.2. The molecule has 2 aromatic rings. The van der Waals surface area contributed by atoms with Gasteiger partial charge in [0, 0.05) is 44.3 Å². The Hall–Kier alpha value is -1.82. The number of piperidine rings is 2. The molecule has 5 nitrogen and oxygen atoms in total. The van der Waals surface area contributed by atoms with Crippen LogP contribution in [0.4, 0.5) is 0 Å². The second kappa shape index (κ2) is 10.3. The standard InChI is InChI=1S/C24H35N5/c1-27-14-9-24(10-15-27)29-16-7-22(8-17-29)19-28(18-21-5-12-25-13-6-21)20-23-4-2-3-11-26-23/h2-6,11-13,22,24H,7-10,14-20H2,1H3. The van der Waals surface area contributed by atoms with Crippen molar-refractivity contribution in [2.45, 2.75) is 44.8 Å². The van der Waals surface area contributed by atoms with E-state index in [1.165, 1.54) is 57.4 Å². The van der Waals surface area contributed by atoms with Crippen molar-refractivity contribution in [2.75, 3.05) is 39.8 Å². The number of hydrogen-bond donors (Lipinski definition) is 0. The van der Waals surface area contributed by atoms with Gasteiger partial charge in [-0.25, -0.2) is 0 Å². The van der Waals surface area contributed by atoms with Crippen molar-refractivity contribution >= 4 is 0 Å². The summed E-state index contributed by atoms with van der Waals surface area (Å²) in [6, 6.07) is 11.3. The van der Waals surface area contributed by atoms with E-state index in [1.807, 2.05) is 24.7 Å². The van der Waals surface area contributed by atoms with Crippen molar-refractivity contribution in [3.63, 3.8) is 0 Å². The average Bonchev–Trinajstić information content (AvgIpc) is 2.76. The first-order chi connectivity index (χ1) is 14.3. The van der Waals surface area contributed by atoms with Gasteiger partial charge in [0.15, 0.2) is 0 Å². The highest BCUT2D eigenvalue weighted by Crippen LogP contribution is 2.25. The quantitative estimate of drug-likeness (QED) is 0.721. The molecule has 0 bridgehead atoms. The third-order valence-corrected chi connectivity index (χ3v) is 6.64. The third kappa shape index (κ3) is 6.08. The zero-order chi connectivity index (χ0) is 19.9. The zero-order valence-electron chi connectivity index (χ0n) is 17.8. The lowest BCUT2D eigenvalue weighted by atomic mass is 9.93. The van der Waals surface area contributed by atoms with E-state index < -0.39 is 0 Å². The minimum Gasteiger partial charge on any atom is -0.306 e. The maximum absolute atomic E-state index is 4.57. The second-order valence-electron chi connectivity index (χ2n) is 8.86. The van der Waals surface area contributed by atoms with Crippen molar-refractivity contribution in [3.05, 3.63) is 60.2 Å². The van der Waals surface area contributed by atoms with E-state index in [0.29, 0.717) is 0 Å². The molecule has 0 spiro atoms. The number of nitrogens with zero attached hydrogens (tertiary/aromatic N) is 5. The maximum atomic E-state index is 4.57. The Morgan fingerprint density at radius 1 is 0.897 bits per heavy atom. The van der Waals surface area contributed by atoms with Crippen molar-refractivity contribution < 1.29 is 0 Å². The molecule has 0 saturated carbocycles. The molecule has 0 unspecified atom stereocenters. The van der Waals surface area contributed by atoms with Gasteiger partial charge < -0.3 is 9.80 Å². The van der Waals surface area contributed by atoms with Crippen LogP contribution in [-0.4, -0.2) is 70.5 Å². The van der Waals surface area contributed by atoms with E-state index in [2.05, 4.69) is 56.0 Å². The highest BCUT2D eigenvalue weighted by Gasteiger charge is 2.28. The van der Waals surface area contributed by atoms with Crippen LogP contribution in [0.25, 0.3) is 0 Å².